The van der Waals surface area contributed by atoms with E-state index in [1.807, 2.05) is 12.1 Å². The van der Waals surface area contributed by atoms with Crippen molar-refractivity contribution in [3.63, 3.8) is 0 Å². The molecule has 0 aromatic carbocycles. The quantitative estimate of drug-likeness (QED) is 0.668. The van der Waals surface area contributed by atoms with Gasteiger partial charge >= 0.3 is 0 Å². The van der Waals surface area contributed by atoms with E-state index in [-0.39, 0.29) is 12.5 Å². The maximum atomic E-state index is 11.2. The fourth-order valence-corrected chi connectivity index (χ4v) is 0.932. The zero-order chi connectivity index (χ0) is 11.1. The molecular weight excluding hydrogens is 196 g/mol. The lowest BCUT2D eigenvalue weighted by Gasteiger charge is -2.13. The van der Waals surface area contributed by atoms with E-state index < -0.39 is 0 Å². The molecule has 1 heterocycles. The minimum Gasteiger partial charge on any atom is -0.367 e. The van der Waals surface area contributed by atoms with Gasteiger partial charge in [-0.15, -0.1) is 0 Å². The van der Waals surface area contributed by atoms with Crippen LogP contribution >= 0.6 is 0 Å². The van der Waals surface area contributed by atoms with Gasteiger partial charge in [-0.05, 0) is 11.6 Å². The van der Waals surface area contributed by atoms with Crippen molar-refractivity contribution in [3.8, 4) is 0 Å². The third-order valence-electron chi connectivity index (χ3n) is 1.84. The van der Waals surface area contributed by atoms with Crippen molar-refractivity contribution >= 4 is 5.91 Å². The van der Waals surface area contributed by atoms with Crippen LogP contribution in [0.3, 0.4) is 0 Å². The number of aromatic nitrogens is 1. The number of carbonyl (C=O) groups is 1. The summed E-state index contributed by atoms with van der Waals surface area (Å²) in [6, 6.07) is 3.71. The molecule has 0 spiro atoms. The van der Waals surface area contributed by atoms with E-state index in [4.69, 9.17) is 9.57 Å². The number of hydrogen-bond donors (Lipinski definition) is 0. The topological polar surface area (TPSA) is 51.7 Å². The van der Waals surface area contributed by atoms with Crippen molar-refractivity contribution in [1.82, 2.24) is 10.0 Å². The molecule has 1 aromatic rings. The summed E-state index contributed by atoms with van der Waals surface area (Å²) in [6.07, 6.45) is 3.39. The second kappa shape index (κ2) is 6.10. The Morgan fingerprint density at radius 1 is 1.60 bits per heavy atom. The van der Waals surface area contributed by atoms with Crippen molar-refractivity contribution in [1.29, 1.82) is 0 Å². The Kier molecular flexibility index (Phi) is 4.73. The lowest BCUT2D eigenvalue weighted by Crippen LogP contribution is -2.29. The van der Waals surface area contributed by atoms with Gasteiger partial charge in [0.25, 0.3) is 5.91 Å². The van der Waals surface area contributed by atoms with Crippen LogP contribution in [0.2, 0.25) is 0 Å². The predicted molar refractivity (Wildman–Crippen MR) is 53.7 cm³/mol. The van der Waals surface area contributed by atoms with Crippen LogP contribution < -0.4 is 0 Å². The van der Waals surface area contributed by atoms with E-state index >= 15 is 0 Å². The molecule has 0 saturated heterocycles. The number of carbonyl (C=O) groups excluding carboxylic acids is 1. The zero-order valence-electron chi connectivity index (χ0n) is 8.84. The summed E-state index contributed by atoms with van der Waals surface area (Å²) in [5.74, 6) is -0.221. The first kappa shape index (κ1) is 11.6. The summed E-state index contributed by atoms with van der Waals surface area (Å²) < 4.78 is 5.19. The standard InChI is InChI=1S/C10H14N2O3/c1-12(14-2)10(13)8-15-7-9-4-3-5-11-6-9/h3-6H,7-8H2,1-2H3. The normalized spacial score (nSPS) is 10.0. The monoisotopic (exact) mass is 210 g/mol. The van der Waals surface area contributed by atoms with Gasteiger partial charge in [0.05, 0.1) is 13.7 Å². The fraction of sp³-hybridized carbons (Fsp3) is 0.400. The zero-order valence-corrected chi connectivity index (χ0v) is 8.84. The molecule has 0 bridgehead atoms. The highest BCUT2D eigenvalue weighted by Crippen LogP contribution is 1.98. The lowest BCUT2D eigenvalue weighted by atomic mass is 10.3. The average molecular weight is 210 g/mol. The Morgan fingerprint density at radius 2 is 2.40 bits per heavy atom. The molecule has 0 saturated carbocycles. The first-order chi connectivity index (χ1) is 7.24. The maximum Gasteiger partial charge on any atom is 0.271 e. The second-order valence-electron chi connectivity index (χ2n) is 2.93. The number of ether oxygens (including phenoxy) is 1. The van der Waals surface area contributed by atoms with Crippen LogP contribution in [0.25, 0.3) is 0 Å². The largest absolute Gasteiger partial charge is 0.367 e. The Hall–Kier alpha value is -1.46. The number of hydrogen-bond acceptors (Lipinski definition) is 4. The van der Waals surface area contributed by atoms with Gasteiger partial charge in [0.2, 0.25) is 0 Å². The molecule has 0 N–H and O–H groups in total. The molecule has 15 heavy (non-hydrogen) atoms. The summed E-state index contributed by atoms with van der Waals surface area (Å²) >= 11 is 0. The van der Waals surface area contributed by atoms with Crippen molar-refractivity contribution < 1.29 is 14.4 Å². The molecule has 0 radical (unpaired) electrons. The van der Waals surface area contributed by atoms with Gasteiger partial charge in [-0.1, -0.05) is 6.07 Å². The Labute approximate surface area is 88.6 Å². The van der Waals surface area contributed by atoms with Crippen LogP contribution in [0.1, 0.15) is 5.56 Å². The molecule has 1 aromatic heterocycles. The van der Waals surface area contributed by atoms with Crippen LogP contribution in [0.15, 0.2) is 24.5 Å². The average Bonchev–Trinajstić information content (AvgIpc) is 2.29. The summed E-state index contributed by atoms with van der Waals surface area (Å²) in [5.41, 5.74) is 0.936. The van der Waals surface area contributed by atoms with E-state index in [2.05, 4.69) is 4.98 Å². The van der Waals surface area contributed by atoms with Crippen molar-refractivity contribution in [3.05, 3.63) is 30.1 Å². The highest BCUT2D eigenvalue weighted by atomic mass is 16.7. The SMILES string of the molecule is CON(C)C(=O)COCc1cccnc1. The molecular formula is C10H14N2O3. The number of likely N-dealkylation sites (N-methyl/N-ethyl adjacent to an activating group) is 1. The number of amides is 1. The highest BCUT2D eigenvalue weighted by molar-refractivity contribution is 5.75. The highest BCUT2D eigenvalue weighted by Gasteiger charge is 2.07. The van der Waals surface area contributed by atoms with E-state index in [1.165, 1.54) is 14.2 Å². The molecule has 0 fully saturated rings. The first-order valence-corrected chi connectivity index (χ1v) is 4.51. The van der Waals surface area contributed by atoms with Crippen LogP contribution in [0.4, 0.5) is 0 Å². The molecule has 1 rings (SSSR count). The third-order valence-corrected chi connectivity index (χ3v) is 1.84. The molecule has 82 valence electrons. The van der Waals surface area contributed by atoms with Gasteiger partial charge in [0.15, 0.2) is 0 Å². The fourth-order valence-electron chi connectivity index (χ4n) is 0.932. The van der Waals surface area contributed by atoms with Gasteiger partial charge in [0.1, 0.15) is 6.61 Å². The van der Waals surface area contributed by atoms with Gasteiger partial charge in [-0.3, -0.25) is 14.6 Å². The van der Waals surface area contributed by atoms with Crippen molar-refractivity contribution in [2.45, 2.75) is 6.61 Å². The smallest absolute Gasteiger partial charge is 0.271 e. The van der Waals surface area contributed by atoms with E-state index in [0.717, 1.165) is 10.6 Å². The number of rotatable bonds is 5. The molecule has 5 heteroatoms. The van der Waals surface area contributed by atoms with Gasteiger partial charge in [-0.2, -0.15) is 0 Å². The summed E-state index contributed by atoms with van der Waals surface area (Å²) in [6.45, 7) is 0.371. The number of pyridine rings is 1. The Bertz CT molecular complexity index is 303. The lowest BCUT2D eigenvalue weighted by molar-refractivity contribution is -0.173. The molecule has 0 unspecified atom stereocenters. The molecule has 0 atom stereocenters. The van der Waals surface area contributed by atoms with E-state index in [0.29, 0.717) is 6.61 Å². The van der Waals surface area contributed by atoms with Crippen LogP contribution in [-0.4, -0.2) is 36.7 Å². The van der Waals surface area contributed by atoms with E-state index in [9.17, 15) is 4.79 Å². The van der Waals surface area contributed by atoms with Crippen LogP contribution in [-0.2, 0) is 21.0 Å². The van der Waals surface area contributed by atoms with Crippen LogP contribution in [0.5, 0.6) is 0 Å². The number of hydroxylamine groups is 2. The number of nitrogens with zero attached hydrogens (tertiary/aromatic N) is 2. The van der Waals surface area contributed by atoms with Crippen LogP contribution in [0, 0.1) is 0 Å². The summed E-state index contributed by atoms with van der Waals surface area (Å²) in [7, 11) is 2.97. The summed E-state index contributed by atoms with van der Waals surface area (Å²) in [4.78, 5) is 19.9. The van der Waals surface area contributed by atoms with Crippen molar-refractivity contribution in [2.24, 2.45) is 0 Å². The molecule has 0 aliphatic heterocycles. The Morgan fingerprint density at radius 3 is 3.00 bits per heavy atom. The van der Waals surface area contributed by atoms with Crippen molar-refractivity contribution in [2.75, 3.05) is 20.8 Å². The molecule has 0 aliphatic carbocycles. The van der Waals surface area contributed by atoms with Gasteiger partial charge in [-0.25, -0.2) is 5.06 Å². The molecule has 0 aliphatic rings. The molecule has 5 nitrogen and oxygen atoms in total. The Balaban J connectivity index is 2.25. The minimum absolute atomic E-state index is 0.000760. The minimum atomic E-state index is -0.221. The maximum absolute atomic E-state index is 11.2. The van der Waals surface area contributed by atoms with E-state index in [1.54, 1.807) is 12.4 Å². The first-order valence-electron chi connectivity index (χ1n) is 4.51. The third kappa shape index (κ3) is 4.05. The predicted octanol–water partition coefficient (Wildman–Crippen LogP) is 0.618. The second-order valence-corrected chi connectivity index (χ2v) is 2.93. The van der Waals surface area contributed by atoms with Gasteiger partial charge < -0.3 is 4.74 Å². The summed E-state index contributed by atoms with van der Waals surface area (Å²) in [5, 5.41) is 1.13. The molecule has 1 amide bonds. The van der Waals surface area contributed by atoms with Gasteiger partial charge in [0, 0.05) is 19.4 Å².